The summed E-state index contributed by atoms with van der Waals surface area (Å²) in [6, 6.07) is 5.51. The van der Waals surface area contributed by atoms with Crippen LogP contribution in [-0.4, -0.2) is 18.0 Å². The van der Waals surface area contributed by atoms with Crippen LogP contribution in [0.25, 0.3) is 0 Å². The van der Waals surface area contributed by atoms with Crippen molar-refractivity contribution in [1.29, 1.82) is 0 Å². The van der Waals surface area contributed by atoms with Crippen LogP contribution in [0.5, 0.6) is 0 Å². The van der Waals surface area contributed by atoms with Gasteiger partial charge in [0, 0.05) is 21.7 Å². The Bertz CT molecular complexity index is 396. The van der Waals surface area contributed by atoms with Crippen LogP contribution in [0.1, 0.15) is 25.3 Å². The van der Waals surface area contributed by atoms with Gasteiger partial charge in [-0.1, -0.05) is 19.4 Å². The lowest BCUT2D eigenvalue weighted by Crippen LogP contribution is -2.27. The van der Waals surface area contributed by atoms with E-state index in [0.717, 1.165) is 22.8 Å². The van der Waals surface area contributed by atoms with Gasteiger partial charge in [-0.3, -0.25) is 10.1 Å². The van der Waals surface area contributed by atoms with Gasteiger partial charge in [0.2, 0.25) is 0 Å². The van der Waals surface area contributed by atoms with Crippen LogP contribution in [0.3, 0.4) is 0 Å². The van der Waals surface area contributed by atoms with Crippen molar-refractivity contribution in [3.8, 4) is 0 Å². The predicted octanol–water partition coefficient (Wildman–Crippen LogP) is 3.13. The van der Waals surface area contributed by atoms with Gasteiger partial charge in [0.25, 0.3) is 5.69 Å². The van der Waals surface area contributed by atoms with Gasteiger partial charge < -0.3 is 5.32 Å². The summed E-state index contributed by atoms with van der Waals surface area (Å²) in [6.07, 6.45) is 3.17. The van der Waals surface area contributed by atoms with Crippen LogP contribution in [-0.2, 0) is 6.42 Å². The van der Waals surface area contributed by atoms with Gasteiger partial charge in [-0.15, -0.1) is 0 Å². The maximum Gasteiger partial charge on any atom is 0.270 e. The number of hydrogen-bond acceptors (Lipinski definition) is 3. The van der Waals surface area contributed by atoms with Crippen molar-refractivity contribution in [2.75, 3.05) is 7.05 Å². The van der Waals surface area contributed by atoms with Crippen LogP contribution in [0.2, 0.25) is 0 Å². The van der Waals surface area contributed by atoms with Crippen molar-refractivity contribution < 1.29 is 4.92 Å². The molecule has 0 radical (unpaired) electrons. The van der Waals surface area contributed by atoms with Gasteiger partial charge >= 0.3 is 0 Å². The Balaban J connectivity index is 2.81. The van der Waals surface area contributed by atoms with Crippen LogP contribution in [0, 0.1) is 13.7 Å². The third kappa shape index (κ3) is 4.23. The summed E-state index contributed by atoms with van der Waals surface area (Å²) >= 11 is 2.17. The highest BCUT2D eigenvalue weighted by Crippen LogP contribution is 2.21. The Labute approximate surface area is 115 Å². The Morgan fingerprint density at radius 1 is 1.53 bits per heavy atom. The largest absolute Gasteiger partial charge is 0.317 e. The zero-order valence-electron chi connectivity index (χ0n) is 10.1. The summed E-state index contributed by atoms with van der Waals surface area (Å²) < 4.78 is 0.966. The molecule has 1 N–H and O–H groups in total. The minimum absolute atomic E-state index is 0.162. The molecule has 0 aliphatic heterocycles. The van der Waals surface area contributed by atoms with Gasteiger partial charge in [-0.2, -0.15) is 0 Å². The molecule has 1 rings (SSSR count). The third-order valence-corrected chi connectivity index (χ3v) is 3.76. The maximum absolute atomic E-state index is 10.6. The van der Waals surface area contributed by atoms with Gasteiger partial charge in [0.05, 0.1) is 4.92 Å². The minimum atomic E-state index is -0.354. The molecule has 0 saturated heterocycles. The van der Waals surface area contributed by atoms with E-state index in [2.05, 4.69) is 34.8 Å². The molecule has 4 nitrogen and oxygen atoms in total. The number of rotatable bonds is 6. The molecule has 0 spiro atoms. The monoisotopic (exact) mass is 348 g/mol. The summed E-state index contributed by atoms with van der Waals surface area (Å²) in [5, 5.41) is 13.9. The number of benzene rings is 1. The molecule has 0 aromatic heterocycles. The average Bonchev–Trinajstić information content (AvgIpc) is 2.30. The van der Waals surface area contributed by atoms with E-state index in [1.807, 2.05) is 13.1 Å². The molecule has 0 bridgehead atoms. The summed E-state index contributed by atoms with van der Waals surface area (Å²) in [5.74, 6) is 0. The zero-order chi connectivity index (χ0) is 12.8. The van der Waals surface area contributed by atoms with Crippen molar-refractivity contribution >= 4 is 28.3 Å². The summed E-state index contributed by atoms with van der Waals surface area (Å²) in [6.45, 7) is 2.16. The lowest BCUT2D eigenvalue weighted by molar-refractivity contribution is -0.385. The SMILES string of the molecule is CCCC(Cc1ccc([N+](=O)[O-])cc1I)NC. The van der Waals surface area contributed by atoms with Crippen molar-refractivity contribution in [1.82, 2.24) is 5.32 Å². The highest BCUT2D eigenvalue weighted by atomic mass is 127. The highest BCUT2D eigenvalue weighted by molar-refractivity contribution is 14.1. The average molecular weight is 348 g/mol. The topological polar surface area (TPSA) is 55.2 Å². The number of non-ortho nitro benzene ring substituents is 1. The summed E-state index contributed by atoms with van der Waals surface area (Å²) in [5.41, 5.74) is 1.33. The molecular weight excluding hydrogens is 331 g/mol. The quantitative estimate of drug-likeness (QED) is 0.488. The van der Waals surface area contributed by atoms with E-state index >= 15 is 0 Å². The Hall–Kier alpha value is -0.690. The van der Waals surface area contributed by atoms with Crippen molar-refractivity contribution in [2.45, 2.75) is 32.2 Å². The minimum Gasteiger partial charge on any atom is -0.317 e. The zero-order valence-corrected chi connectivity index (χ0v) is 12.2. The molecule has 94 valence electrons. The number of hydrogen-bond donors (Lipinski definition) is 1. The number of nitrogens with zero attached hydrogens (tertiary/aromatic N) is 1. The lowest BCUT2D eigenvalue weighted by atomic mass is 10.0. The van der Waals surface area contributed by atoms with E-state index < -0.39 is 0 Å². The number of nitro groups is 1. The number of halogens is 1. The molecule has 1 aromatic rings. The van der Waals surface area contributed by atoms with E-state index in [9.17, 15) is 10.1 Å². The Morgan fingerprint density at radius 2 is 2.24 bits per heavy atom. The number of nitro benzene ring substituents is 1. The molecule has 1 aromatic carbocycles. The van der Waals surface area contributed by atoms with Crippen LogP contribution >= 0.6 is 22.6 Å². The van der Waals surface area contributed by atoms with E-state index in [1.165, 1.54) is 5.56 Å². The second kappa shape index (κ2) is 6.90. The normalized spacial score (nSPS) is 12.4. The molecule has 0 aliphatic rings. The van der Waals surface area contributed by atoms with E-state index in [1.54, 1.807) is 12.1 Å². The van der Waals surface area contributed by atoms with E-state index in [0.29, 0.717) is 6.04 Å². The number of nitrogens with one attached hydrogen (secondary N) is 1. The third-order valence-electron chi connectivity index (χ3n) is 2.76. The van der Waals surface area contributed by atoms with Gasteiger partial charge in [-0.25, -0.2) is 0 Å². The first-order valence-electron chi connectivity index (χ1n) is 5.68. The van der Waals surface area contributed by atoms with E-state index in [-0.39, 0.29) is 10.6 Å². The first-order valence-corrected chi connectivity index (χ1v) is 6.76. The van der Waals surface area contributed by atoms with Gasteiger partial charge in [-0.05, 0) is 48.0 Å². The highest BCUT2D eigenvalue weighted by Gasteiger charge is 2.12. The Kier molecular flexibility index (Phi) is 5.84. The molecule has 0 aliphatic carbocycles. The van der Waals surface area contributed by atoms with Gasteiger partial charge in [0.15, 0.2) is 0 Å². The van der Waals surface area contributed by atoms with Gasteiger partial charge in [0.1, 0.15) is 0 Å². The molecular formula is C12H17IN2O2. The standard InChI is InChI=1S/C12H17IN2O2/c1-3-4-10(14-2)7-9-5-6-11(15(16)17)8-12(9)13/h5-6,8,10,14H,3-4,7H2,1-2H3. The summed E-state index contributed by atoms with van der Waals surface area (Å²) in [4.78, 5) is 10.3. The molecule has 0 heterocycles. The second-order valence-corrected chi connectivity index (χ2v) is 5.17. The smallest absolute Gasteiger partial charge is 0.270 e. The van der Waals surface area contributed by atoms with Crippen molar-refractivity contribution in [3.05, 3.63) is 37.4 Å². The van der Waals surface area contributed by atoms with Crippen molar-refractivity contribution in [2.24, 2.45) is 0 Å². The van der Waals surface area contributed by atoms with Crippen LogP contribution in [0.15, 0.2) is 18.2 Å². The molecule has 0 amide bonds. The van der Waals surface area contributed by atoms with Crippen molar-refractivity contribution in [3.63, 3.8) is 0 Å². The molecule has 0 saturated carbocycles. The fourth-order valence-corrected chi connectivity index (χ4v) is 2.50. The molecule has 1 atom stereocenters. The first-order chi connectivity index (χ1) is 8.08. The fraction of sp³-hybridized carbons (Fsp3) is 0.500. The fourth-order valence-electron chi connectivity index (χ4n) is 1.78. The summed E-state index contributed by atoms with van der Waals surface area (Å²) in [7, 11) is 1.96. The molecule has 0 fully saturated rings. The second-order valence-electron chi connectivity index (χ2n) is 4.01. The maximum atomic E-state index is 10.6. The lowest BCUT2D eigenvalue weighted by Gasteiger charge is -2.16. The van der Waals surface area contributed by atoms with Crippen LogP contribution < -0.4 is 5.32 Å². The van der Waals surface area contributed by atoms with Crippen LogP contribution in [0.4, 0.5) is 5.69 Å². The number of likely N-dealkylation sites (N-methyl/N-ethyl adjacent to an activating group) is 1. The molecule has 17 heavy (non-hydrogen) atoms. The van der Waals surface area contributed by atoms with E-state index in [4.69, 9.17) is 0 Å². The predicted molar refractivity (Wildman–Crippen MR) is 77.3 cm³/mol. The Morgan fingerprint density at radius 3 is 2.71 bits per heavy atom. The molecule has 5 heteroatoms. The molecule has 1 unspecified atom stereocenters. The first kappa shape index (κ1) is 14.4.